The maximum atomic E-state index is 12.9. The van der Waals surface area contributed by atoms with Crippen molar-refractivity contribution in [1.82, 2.24) is 9.13 Å². The van der Waals surface area contributed by atoms with Crippen LogP contribution in [0.25, 0.3) is 5.69 Å². The van der Waals surface area contributed by atoms with Crippen LogP contribution >= 0.6 is 11.3 Å². The number of esters is 1. The largest absolute Gasteiger partial charge is 0.465 e. The van der Waals surface area contributed by atoms with Crippen LogP contribution in [0, 0.1) is 11.3 Å². The summed E-state index contributed by atoms with van der Waals surface area (Å²) in [4.78, 5) is 37.5. The zero-order chi connectivity index (χ0) is 18.7. The molecule has 0 aliphatic carbocycles. The van der Waals surface area contributed by atoms with Crippen molar-refractivity contribution in [3.63, 3.8) is 0 Å². The summed E-state index contributed by atoms with van der Waals surface area (Å²) in [6.07, 6.45) is 1.15. The summed E-state index contributed by atoms with van der Waals surface area (Å²) in [6, 6.07) is 12.3. The van der Waals surface area contributed by atoms with Crippen LogP contribution in [0.15, 0.2) is 57.6 Å². The van der Waals surface area contributed by atoms with E-state index in [1.807, 2.05) is 12.1 Å². The third-order valence-corrected chi connectivity index (χ3v) is 4.63. The molecule has 0 amide bonds. The van der Waals surface area contributed by atoms with Gasteiger partial charge in [-0.25, -0.2) is 9.59 Å². The molecule has 0 aliphatic heterocycles. The summed E-state index contributed by atoms with van der Waals surface area (Å²) in [5, 5.41) is 10.9. The van der Waals surface area contributed by atoms with Gasteiger partial charge in [0.2, 0.25) is 0 Å². The van der Waals surface area contributed by atoms with E-state index >= 15 is 0 Å². The summed E-state index contributed by atoms with van der Waals surface area (Å²) in [7, 11) is 1.24. The van der Waals surface area contributed by atoms with E-state index in [9.17, 15) is 19.6 Å². The number of hydrogen-bond acceptors (Lipinski definition) is 6. The summed E-state index contributed by atoms with van der Waals surface area (Å²) < 4.78 is 6.83. The van der Waals surface area contributed by atoms with Gasteiger partial charge in [0, 0.05) is 6.20 Å². The van der Waals surface area contributed by atoms with E-state index in [1.54, 1.807) is 35.7 Å². The van der Waals surface area contributed by atoms with Crippen molar-refractivity contribution in [2.24, 2.45) is 0 Å². The number of benzene rings is 1. The normalized spacial score (nSPS) is 10.3. The number of thiophene rings is 1. The Hall–Kier alpha value is -3.44. The average Bonchev–Trinajstić information content (AvgIpc) is 3.15. The van der Waals surface area contributed by atoms with E-state index in [1.165, 1.54) is 7.11 Å². The molecule has 2 aromatic heterocycles. The fourth-order valence-corrected chi connectivity index (χ4v) is 3.29. The predicted octanol–water partition coefficient (Wildman–Crippen LogP) is 1.77. The second-order valence-corrected chi connectivity index (χ2v) is 6.23. The van der Waals surface area contributed by atoms with Crippen LogP contribution in [0.3, 0.4) is 0 Å². The number of nitrogens with zero attached hydrogens (tertiary/aromatic N) is 3. The molecule has 0 saturated heterocycles. The van der Waals surface area contributed by atoms with Gasteiger partial charge in [-0.05, 0) is 17.0 Å². The third kappa shape index (κ3) is 3.08. The highest BCUT2D eigenvalue weighted by molar-refractivity contribution is 7.12. The zero-order valence-electron chi connectivity index (χ0n) is 13.7. The van der Waals surface area contributed by atoms with Crippen LogP contribution in [0.1, 0.15) is 20.8 Å². The third-order valence-electron chi connectivity index (χ3n) is 3.75. The fraction of sp³-hybridized carbons (Fsp3) is 0.111. The maximum Gasteiger partial charge on any atom is 0.350 e. The number of aromatic nitrogens is 2. The van der Waals surface area contributed by atoms with E-state index in [4.69, 9.17) is 4.74 Å². The van der Waals surface area contributed by atoms with Gasteiger partial charge in [-0.3, -0.25) is 13.9 Å². The summed E-state index contributed by atoms with van der Waals surface area (Å²) in [5.74, 6) is -0.596. The number of ether oxygens (including phenoxy) is 1. The Kier molecular flexibility index (Phi) is 4.82. The van der Waals surface area contributed by atoms with Crippen LogP contribution < -0.4 is 11.2 Å². The molecular weight excluding hydrogens is 354 g/mol. The molecule has 2 heterocycles. The first-order valence-electron chi connectivity index (χ1n) is 7.53. The molecular formula is C18H13N3O4S. The molecule has 0 radical (unpaired) electrons. The van der Waals surface area contributed by atoms with Gasteiger partial charge in [-0.15, -0.1) is 11.3 Å². The molecule has 0 saturated carbocycles. The van der Waals surface area contributed by atoms with Crippen molar-refractivity contribution in [2.45, 2.75) is 6.54 Å². The van der Waals surface area contributed by atoms with Crippen LogP contribution in [0.5, 0.6) is 0 Å². The Labute approximate surface area is 151 Å². The minimum Gasteiger partial charge on any atom is -0.465 e. The topological polar surface area (TPSA) is 94.1 Å². The molecule has 0 bridgehead atoms. The number of carbonyl (C=O) groups excluding carboxylic acids is 1. The lowest BCUT2D eigenvalue weighted by Gasteiger charge is -2.11. The molecule has 7 nitrogen and oxygen atoms in total. The van der Waals surface area contributed by atoms with Gasteiger partial charge in [-0.2, -0.15) is 5.26 Å². The first-order chi connectivity index (χ1) is 12.6. The van der Waals surface area contributed by atoms with Crippen molar-refractivity contribution in [2.75, 3.05) is 7.11 Å². The Morgan fingerprint density at radius 2 is 1.96 bits per heavy atom. The molecule has 0 atom stereocenters. The second-order valence-electron chi connectivity index (χ2n) is 5.31. The second kappa shape index (κ2) is 7.21. The highest BCUT2D eigenvalue weighted by Gasteiger charge is 2.19. The number of hydrogen-bond donors (Lipinski definition) is 0. The number of nitriles is 1. The van der Waals surface area contributed by atoms with Crippen molar-refractivity contribution in [3.05, 3.63) is 84.8 Å². The monoisotopic (exact) mass is 367 g/mol. The van der Waals surface area contributed by atoms with Crippen molar-refractivity contribution >= 4 is 17.3 Å². The highest BCUT2D eigenvalue weighted by Crippen LogP contribution is 2.20. The number of methoxy groups -OCH3 is 1. The Balaban J connectivity index is 2.23. The van der Waals surface area contributed by atoms with E-state index in [0.29, 0.717) is 0 Å². The summed E-state index contributed by atoms with van der Waals surface area (Å²) in [5.41, 5.74) is -0.492. The summed E-state index contributed by atoms with van der Waals surface area (Å²) in [6.45, 7) is 0.0196. The smallest absolute Gasteiger partial charge is 0.350 e. The number of rotatable bonds is 4. The van der Waals surface area contributed by atoms with Crippen LogP contribution in [-0.2, 0) is 11.3 Å². The minimum atomic E-state index is -0.674. The first kappa shape index (κ1) is 17.4. The lowest BCUT2D eigenvalue weighted by atomic mass is 10.2. The van der Waals surface area contributed by atoms with Gasteiger partial charge in [0.05, 0.1) is 19.3 Å². The Morgan fingerprint density at radius 3 is 2.62 bits per heavy atom. The molecule has 130 valence electrons. The molecule has 1 aromatic carbocycles. The van der Waals surface area contributed by atoms with Crippen LogP contribution in [0.4, 0.5) is 0 Å². The number of carbonyl (C=O) groups is 1. The quantitative estimate of drug-likeness (QED) is 0.655. The SMILES string of the molecule is COC(=O)c1sccc1-n1cc(C#N)c(=O)n(Cc2ccccc2)c1=O. The lowest BCUT2D eigenvalue weighted by molar-refractivity contribution is 0.0606. The van der Waals surface area contributed by atoms with E-state index in [-0.39, 0.29) is 22.7 Å². The lowest BCUT2D eigenvalue weighted by Crippen LogP contribution is -2.40. The zero-order valence-corrected chi connectivity index (χ0v) is 14.5. The van der Waals surface area contributed by atoms with Gasteiger partial charge in [0.1, 0.15) is 16.5 Å². The first-order valence-corrected chi connectivity index (χ1v) is 8.41. The predicted molar refractivity (Wildman–Crippen MR) is 95.8 cm³/mol. The Morgan fingerprint density at radius 1 is 1.23 bits per heavy atom. The van der Waals surface area contributed by atoms with Gasteiger partial charge in [-0.1, -0.05) is 30.3 Å². The molecule has 0 aliphatic rings. The van der Waals surface area contributed by atoms with Crippen molar-refractivity contribution in [3.8, 4) is 11.8 Å². The van der Waals surface area contributed by atoms with Gasteiger partial charge < -0.3 is 4.74 Å². The van der Waals surface area contributed by atoms with Gasteiger partial charge in [0.25, 0.3) is 5.56 Å². The molecule has 26 heavy (non-hydrogen) atoms. The van der Waals surface area contributed by atoms with Crippen LogP contribution in [0.2, 0.25) is 0 Å². The molecule has 3 aromatic rings. The van der Waals surface area contributed by atoms with E-state index in [2.05, 4.69) is 0 Å². The van der Waals surface area contributed by atoms with Gasteiger partial charge in [0.15, 0.2) is 0 Å². The van der Waals surface area contributed by atoms with E-state index in [0.717, 1.165) is 32.2 Å². The van der Waals surface area contributed by atoms with Crippen LogP contribution in [-0.4, -0.2) is 22.2 Å². The Bertz CT molecular complexity index is 1120. The fourth-order valence-electron chi connectivity index (χ4n) is 2.49. The molecule has 0 fully saturated rings. The van der Waals surface area contributed by atoms with E-state index < -0.39 is 17.2 Å². The minimum absolute atomic E-state index is 0.0196. The van der Waals surface area contributed by atoms with Gasteiger partial charge >= 0.3 is 11.7 Å². The standard InChI is InChI=1S/C18H13N3O4S/c1-25-17(23)15-14(7-8-26-15)20-11-13(9-19)16(22)21(18(20)24)10-12-5-3-2-4-6-12/h2-8,11H,10H2,1H3. The molecule has 8 heteroatoms. The molecule has 3 rings (SSSR count). The maximum absolute atomic E-state index is 12.9. The molecule has 0 unspecified atom stereocenters. The van der Waals surface area contributed by atoms with Crippen molar-refractivity contribution in [1.29, 1.82) is 5.26 Å². The highest BCUT2D eigenvalue weighted by atomic mass is 32.1. The molecule has 0 spiro atoms. The van der Waals surface area contributed by atoms with Crippen molar-refractivity contribution < 1.29 is 9.53 Å². The summed E-state index contributed by atoms with van der Waals surface area (Å²) >= 11 is 1.11. The average molecular weight is 367 g/mol. The molecule has 0 N–H and O–H groups in total.